The first-order chi connectivity index (χ1) is 10.0. The van der Waals surface area contributed by atoms with Crippen molar-refractivity contribution < 1.29 is 4.92 Å². The van der Waals surface area contributed by atoms with Crippen LogP contribution in [0.3, 0.4) is 0 Å². The van der Waals surface area contributed by atoms with Crippen molar-refractivity contribution in [2.75, 3.05) is 0 Å². The molecule has 0 amide bonds. The molecule has 6 nitrogen and oxygen atoms in total. The number of halogens is 1. The number of para-hydroxylation sites is 1. The molecule has 0 atom stereocenters. The number of aromatic nitrogens is 2. The maximum Gasteiger partial charge on any atom is 0.273 e. The summed E-state index contributed by atoms with van der Waals surface area (Å²) in [5.74, 6) is 0. The predicted octanol–water partition coefficient (Wildman–Crippen LogP) is 3.06. The van der Waals surface area contributed by atoms with Crippen LogP contribution in [-0.4, -0.2) is 14.7 Å². The van der Waals surface area contributed by atoms with Gasteiger partial charge in [-0.15, -0.1) is 0 Å². The maximum atomic E-state index is 11.0. The minimum absolute atomic E-state index is 0.122. The molecule has 1 N–H and O–H groups in total. The van der Waals surface area contributed by atoms with Crippen molar-refractivity contribution in [3.63, 3.8) is 0 Å². The molecule has 0 bridgehead atoms. The van der Waals surface area contributed by atoms with Crippen molar-refractivity contribution in [1.82, 2.24) is 15.1 Å². The van der Waals surface area contributed by atoms with Crippen molar-refractivity contribution in [3.8, 4) is 0 Å². The molecule has 1 aromatic heterocycles. The molecule has 0 spiro atoms. The van der Waals surface area contributed by atoms with Crippen LogP contribution >= 0.6 is 11.6 Å². The highest BCUT2D eigenvalue weighted by molar-refractivity contribution is 6.31. The molecule has 0 fully saturated rings. The summed E-state index contributed by atoms with van der Waals surface area (Å²) in [6, 6.07) is 6.70. The molecule has 0 saturated heterocycles. The average molecular weight is 309 g/mol. The Balaban J connectivity index is 2.07. The van der Waals surface area contributed by atoms with E-state index in [4.69, 9.17) is 11.6 Å². The monoisotopic (exact) mass is 308 g/mol. The van der Waals surface area contributed by atoms with E-state index in [0.29, 0.717) is 23.7 Å². The first kappa shape index (κ1) is 15.5. The second-order valence-electron chi connectivity index (χ2n) is 4.65. The zero-order chi connectivity index (χ0) is 15.4. The van der Waals surface area contributed by atoms with Gasteiger partial charge in [0.25, 0.3) is 5.69 Å². The highest BCUT2D eigenvalue weighted by Crippen LogP contribution is 2.21. The van der Waals surface area contributed by atoms with Gasteiger partial charge in [0.05, 0.1) is 21.3 Å². The summed E-state index contributed by atoms with van der Waals surface area (Å²) < 4.78 is 1.84. The summed E-state index contributed by atoms with van der Waals surface area (Å²) >= 11 is 6.22. The van der Waals surface area contributed by atoms with Gasteiger partial charge in [0, 0.05) is 31.3 Å². The van der Waals surface area contributed by atoms with Crippen LogP contribution in [0.1, 0.15) is 23.9 Å². The number of hydrogen-bond acceptors (Lipinski definition) is 4. The molecule has 0 unspecified atom stereocenters. The van der Waals surface area contributed by atoms with Crippen molar-refractivity contribution in [1.29, 1.82) is 0 Å². The number of nitro groups is 1. The van der Waals surface area contributed by atoms with Gasteiger partial charge in [0.15, 0.2) is 0 Å². The summed E-state index contributed by atoms with van der Waals surface area (Å²) in [4.78, 5) is 10.6. The molecule has 0 aliphatic heterocycles. The molecule has 2 rings (SSSR count). The van der Waals surface area contributed by atoms with E-state index in [1.807, 2.05) is 18.5 Å². The van der Waals surface area contributed by atoms with E-state index < -0.39 is 0 Å². The van der Waals surface area contributed by atoms with E-state index >= 15 is 0 Å². The number of nitrogens with zero attached hydrogens (tertiary/aromatic N) is 3. The van der Waals surface area contributed by atoms with Crippen molar-refractivity contribution in [2.45, 2.75) is 33.5 Å². The van der Waals surface area contributed by atoms with Crippen LogP contribution in [0, 0.1) is 17.0 Å². The van der Waals surface area contributed by atoms with E-state index in [9.17, 15) is 10.1 Å². The van der Waals surface area contributed by atoms with Gasteiger partial charge in [-0.25, -0.2) is 0 Å². The molecule has 2 aromatic rings. The van der Waals surface area contributed by atoms with Crippen LogP contribution in [0.15, 0.2) is 24.3 Å². The molecule has 1 aromatic carbocycles. The van der Waals surface area contributed by atoms with Gasteiger partial charge < -0.3 is 5.32 Å². The number of nitro benzene ring substituents is 1. The van der Waals surface area contributed by atoms with Crippen LogP contribution in [-0.2, 0) is 19.6 Å². The molecular weight excluding hydrogens is 292 g/mol. The largest absolute Gasteiger partial charge is 0.307 e. The minimum atomic E-state index is -0.371. The van der Waals surface area contributed by atoms with Crippen molar-refractivity contribution in [2.24, 2.45) is 0 Å². The third-order valence-electron chi connectivity index (χ3n) is 3.25. The predicted molar refractivity (Wildman–Crippen MR) is 81.3 cm³/mol. The maximum absolute atomic E-state index is 11.0. The zero-order valence-corrected chi connectivity index (χ0v) is 12.7. The third-order valence-corrected chi connectivity index (χ3v) is 3.74. The molecule has 112 valence electrons. The number of aryl methyl sites for hydroxylation is 2. The first-order valence-electron chi connectivity index (χ1n) is 6.69. The van der Waals surface area contributed by atoms with Gasteiger partial charge in [-0.1, -0.05) is 29.8 Å². The number of nitrogens with one attached hydrogen (secondary N) is 1. The fourth-order valence-electron chi connectivity index (χ4n) is 2.19. The van der Waals surface area contributed by atoms with Gasteiger partial charge in [-0.05, 0) is 13.8 Å². The lowest BCUT2D eigenvalue weighted by Crippen LogP contribution is -2.17. The lowest BCUT2D eigenvalue weighted by molar-refractivity contribution is -0.385. The lowest BCUT2D eigenvalue weighted by atomic mass is 10.2. The Morgan fingerprint density at radius 3 is 2.76 bits per heavy atom. The molecule has 1 heterocycles. The standard InChI is InChI=1S/C14H17ClN4O2/c1-3-18-13(14(15)10(2)17-18)9-16-8-11-6-4-5-7-12(11)19(20)21/h4-7,16H,3,8-9H2,1-2H3. The van der Waals surface area contributed by atoms with Crippen molar-refractivity contribution in [3.05, 3.63) is 56.4 Å². The molecule has 0 radical (unpaired) electrons. The van der Waals surface area contributed by atoms with Gasteiger partial charge >= 0.3 is 0 Å². The van der Waals surface area contributed by atoms with Crippen LogP contribution < -0.4 is 5.32 Å². The van der Waals surface area contributed by atoms with E-state index in [-0.39, 0.29) is 10.6 Å². The Bertz CT molecular complexity index is 654. The Morgan fingerprint density at radius 1 is 1.38 bits per heavy atom. The first-order valence-corrected chi connectivity index (χ1v) is 7.07. The smallest absolute Gasteiger partial charge is 0.273 e. The summed E-state index contributed by atoms with van der Waals surface area (Å²) in [5.41, 5.74) is 2.46. The fraction of sp³-hybridized carbons (Fsp3) is 0.357. The van der Waals surface area contributed by atoms with Crippen LogP contribution in [0.5, 0.6) is 0 Å². The van der Waals surface area contributed by atoms with Gasteiger partial charge in [0.2, 0.25) is 0 Å². The highest BCUT2D eigenvalue weighted by atomic mass is 35.5. The molecule has 7 heteroatoms. The molecule has 0 aliphatic carbocycles. The number of hydrogen-bond donors (Lipinski definition) is 1. The number of rotatable bonds is 6. The topological polar surface area (TPSA) is 73.0 Å². The molecule has 0 aliphatic rings. The quantitative estimate of drug-likeness (QED) is 0.657. The van der Waals surface area contributed by atoms with E-state index in [1.54, 1.807) is 18.2 Å². The summed E-state index contributed by atoms with van der Waals surface area (Å²) in [7, 11) is 0. The minimum Gasteiger partial charge on any atom is -0.307 e. The summed E-state index contributed by atoms with van der Waals surface area (Å²) in [6.45, 7) is 5.51. The average Bonchev–Trinajstić information content (AvgIpc) is 2.75. The van der Waals surface area contributed by atoms with Crippen LogP contribution in [0.4, 0.5) is 5.69 Å². The number of benzene rings is 1. The zero-order valence-electron chi connectivity index (χ0n) is 12.0. The SMILES string of the molecule is CCn1nc(C)c(Cl)c1CNCc1ccccc1[N+](=O)[O-]. The second-order valence-corrected chi connectivity index (χ2v) is 5.03. The van der Waals surface area contributed by atoms with E-state index in [0.717, 1.165) is 17.9 Å². The van der Waals surface area contributed by atoms with Crippen LogP contribution in [0.25, 0.3) is 0 Å². The van der Waals surface area contributed by atoms with Gasteiger partial charge in [0.1, 0.15) is 0 Å². The molecule has 21 heavy (non-hydrogen) atoms. The third kappa shape index (κ3) is 3.40. The Kier molecular flexibility index (Phi) is 4.93. The Morgan fingerprint density at radius 2 is 2.10 bits per heavy atom. The normalized spacial score (nSPS) is 10.8. The molecular formula is C14H17ClN4O2. The Labute approximate surface area is 127 Å². The highest BCUT2D eigenvalue weighted by Gasteiger charge is 2.14. The Hall–Kier alpha value is -1.92. The summed E-state index contributed by atoms with van der Waals surface area (Å²) in [5, 5.41) is 19.1. The van der Waals surface area contributed by atoms with Crippen molar-refractivity contribution >= 4 is 17.3 Å². The van der Waals surface area contributed by atoms with Gasteiger partial charge in [-0.3, -0.25) is 14.8 Å². The fourth-order valence-corrected chi connectivity index (χ4v) is 2.39. The lowest BCUT2D eigenvalue weighted by Gasteiger charge is -2.08. The van der Waals surface area contributed by atoms with Gasteiger partial charge in [-0.2, -0.15) is 5.10 Å². The van der Waals surface area contributed by atoms with Crippen LogP contribution in [0.2, 0.25) is 5.02 Å². The molecule has 0 saturated carbocycles. The van der Waals surface area contributed by atoms with E-state index in [1.165, 1.54) is 6.07 Å². The second kappa shape index (κ2) is 6.69. The summed E-state index contributed by atoms with van der Waals surface area (Å²) in [6.07, 6.45) is 0. The van der Waals surface area contributed by atoms with E-state index in [2.05, 4.69) is 10.4 Å².